The molecule has 2 heterocycles. The molecule has 0 saturated carbocycles. The Bertz CT molecular complexity index is 1000. The molecule has 1 aliphatic heterocycles. The molecule has 0 unspecified atom stereocenters. The van der Waals surface area contributed by atoms with Crippen molar-refractivity contribution < 1.29 is 14.6 Å². The van der Waals surface area contributed by atoms with Crippen molar-refractivity contribution >= 4 is 16.8 Å². The normalized spacial score (nSPS) is 19.1. The Morgan fingerprint density at radius 3 is 2.61 bits per heavy atom. The zero-order valence-corrected chi connectivity index (χ0v) is 16.1. The van der Waals surface area contributed by atoms with Gasteiger partial charge in [0.2, 0.25) is 0 Å². The first-order valence-electron chi connectivity index (χ1n) is 9.62. The van der Waals surface area contributed by atoms with Gasteiger partial charge in [0, 0.05) is 17.5 Å². The molecule has 1 fully saturated rings. The van der Waals surface area contributed by atoms with Crippen LogP contribution in [-0.2, 0) is 4.74 Å². The summed E-state index contributed by atoms with van der Waals surface area (Å²) in [6, 6.07) is 17.3. The molecule has 144 valence electrons. The van der Waals surface area contributed by atoms with Gasteiger partial charge in [-0.3, -0.25) is 4.79 Å². The van der Waals surface area contributed by atoms with Crippen molar-refractivity contribution in [1.29, 1.82) is 0 Å². The number of likely N-dealkylation sites (N-methyl/N-ethyl adjacent to an activating group) is 1. The summed E-state index contributed by atoms with van der Waals surface area (Å²) in [5.41, 5.74) is 4.29. The Kier molecular flexibility index (Phi) is 5.11. The molecule has 1 saturated heterocycles. The van der Waals surface area contributed by atoms with Crippen LogP contribution >= 0.6 is 0 Å². The second-order valence-electron chi connectivity index (χ2n) is 7.20. The molecule has 5 heteroatoms. The Morgan fingerprint density at radius 2 is 1.93 bits per heavy atom. The Labute approximate surface area is 164 Å². The summed E-state index contributed by atoms with van der Waals surface area (Å²) in [6.07, 6.45) is -0.659. The number of ether oxygens (including phenoxy) is 1. The highest BCUT2D eigenvalue weighted by atomic mass is 16.5. The van der Waals surface area contributed by atoms with Gasteiger partial charge in [-0.1, -0.05) is 48.0 Å². The molecule has 3 aromatic rings. The van der Waals surface area contributed by atoms with E-state index in [9.17, 15) is 9.90 Å². The van der Waals surface area contributed by atoms with Crippen molar-refractivity contribution in [2.45, 2.75) is 26.0 Å². The fourth-order valence-electron chi connectivity index (χ4n) is 3.74. The second-order valence-corrected chi connectivity index (χ2v) is 7.20. The van der Waals surface area contributed by atoms with E-state index in [0.717, 1.165) is 22.2 Å². The van der Waals surface area contributed by atoms with Gasteiger partial charge >= 0.3 is 0 Å². The molecule has 2 atom stereocenters. The third-order valence-corrected chi connectivity index (χ3v) is 5.32. The van der Waals surface area contributed by atoms with E-state index in [-0.39, 0.29) is 18.6 Å². The number of aryl methyl sites for hydroxylation is 1. The van der Waals surface area contributed by atoms with Gasteiger partial charge in [0.15, 0.2) is 0 Å². The molecular formula is C23H24N2O3. The average molecular weight is 376 g/mol. The number of pyridine rings is 1. The molecule has 0 radical (unpaired) electrons. The topological polar surface area (TPSA) is 62.7 Å². The number of carbonyl (C=O) groups excluding carboxylic acids is 1. The highest BCUT2D eigenvalue weighted by molar-refractivity contribution is 6.07. The first kappa shape index (κ1) is 18.6. The monoisotopic (exact) mass is 376 g/mol. The number of aromatic nitrogens is 1. The number of hydrogen-bond donors (Lipinski definition) is 1. The lowest BCUT2D eigenvalue weighted by Gasteiger charge is -2.29. The first-order chi connectivity index (χ1) is 13.6. The summed E-state index contributed by atoms with van der Waals surface area (Å²) in [6.45, 7) is 5.09. The molecule has 0 bridgehead atoms. The molecule has 1 aliphatic rings. The van der Waals surface area contributed by atoms with Crippen LogP contribution in [0.25, 0.3) is 22.2 Å². The van der Waals surface area contributed by atoms with E-state index in [1.165, 1.54) is 5.56 Å². The van der Waals surface area contributed by atoms with Crippen LogP contribution in [-0.4, -0.2) is 52.8 Å². The van der Waals surface area contributed by atoms with Crippen LogP contribution in [0, 0.1) is 6.92 Å². The molecule has 1 amide bonds. The van der Waals surface area contributed by atoms with Crippen LogP contribution in [0.1, 0.15) is 22.8 Å². The standard InChI is InChI=1S/C23H24N2O3/c1-3-25(21-13-28-14-22(21)26)23(27)18-12-20(16-10-8-15(2)9-11-16)24-19-7-5-4-6-17(18)19/h4-12,21-22,26H,3,13-14H2,1-2H3/t21-,22-/m0/s1. The zero-order valence-electron chi connectivity index (χ0n) is 16.1. The largest absolute Gasteiger partial charge is 0.388 e. The predicted molar refractivity (Wildman–Crippen MR) is 109 cm³/mol. The smallest absolute Gasteiger partial charge is 0.255 e. The number of hydrogen-bond acceptors (Lipinski definition) is 4. The number of carbonyl (C=O) groups is 1. The molecular weight excluding hydrogens is 352 g/mol. The number of benzene rings is 2. The van der Waals surface area contributed by atoms with Crippen molar-refractivity contribution in [3.8, 4) is 11.3 Å². The van der Waals surface area contributed by atoms with Crippen LogP contribution in [0.2, 0.25) is 0 Å². The van der Waals surface area contributed by atoms with Crippen molar-refractivity contribution in [3.63, 3.8) is 0 Å². The van der Waals surface area contributed by atoms with Crippen LogP contribution in [0.3, 0.4) is 0 Å². The molecule has 2 aromatic carbocycles. The first-order valence-corrected chi connectivity index (χ1v) is 9.62. The molecule has 4 rings (SSSR count). The van der Waals surface area contributed by atoms with E-state index >= 15 is 0 Å². The average Bonchev–Trinajstić information content (AvgIpc) is 3.14. The molecule has 1 N–H and O–H groups in total. The van der Waals surface area contributed by atoms with Gasteiger partial charge in [0.05, 0.1) is 42.1 Å². The Balaban J connectivity index is 1.82. The van der Waals surface area contributed by atoms with Gasteiger partial charge in [-0.05, 0) is 26.0 Å². The van der Waals surface area contributed by atoms with Gasteiger partial charge in [0.1, 0.15) is 0 Å². The summed E-state index contributed by atoms with van der Waals surface area (Å²) in [5.74, 6) is -0.107. The number of rotatable bonds is 4. The lowest BCUT2D eigenvalue weighted by molar-refractivity contribution is 0.0522. The quantitative estimate of drug-likeness (QED) is 0.758. The van der Waals surface area contributed by atoms with Gasteiger partial charge in [0.25, 0.3) is 5.91 Å². The van der Waals surface area contributed by atoms with Crippen LogP contribution in [0.15, 0.2) is 54.6 Å². The van der Waals surface area contributed by atoms with E-state index in [2.05, 4.69) is 0 Å². The van der Waals surface area contributed by atoms with Crippen LogP contribution in [0.5, 0.6) is 0 Å². The third-order valence-electron chi connectivity index (χ3n) is 5.32. The minimum atomic E-state index is -0.659. The number of aliphatic hydroxyl groups is 1. The zero-order chi connectivity index (χ0) is 19.7. The van der Waals surface area contributed by atoms with Crippen LogP contribution < -0.4 is 0 Å². The van der Waals surface area contributed by atoms with Crippen molar-refractivity contribution in [1.82, 2.24) is 9.88 Å². The summed E-state index contributed by atoms with van der Waals surface area (Å²) >= 11 is 0. The number of nitrogens with zero attached hydrogens (tertiary/aromatic N) is 2. The predicted octanol–water partition coefficient (Wildman–Crippen LogP) is 3.43. The fraction of sp³-hybridized carbons (Fsp3) is 0.304. The summed E-state index contributed by atoms with van der Waals surface area (Å²) in [4.78, 5) is 20.0. The molecule has 0 spiro atoms. The summed E-state index contributed by atoms with van der Waals surface area (Å²) < 4.78 is 5.37. The van der Waals surface area contributed by atoms with Crippen LogP contribution in [0.4, 0.5) is 0 Å². The van der Waals surface area contributed by atoms with Gasteiger partial charge in [-0.25, -0.2) is 4.98 Å². The number of aliphatic hydroxyl groups excluding tert-OH is 1. The van der Waals surface area contributed by atoms with E-state index in [1.807, 2.05) is 68.4 Å². The van der Waals surface area contributed by atoms with Gasteiger partial charge < -0.3 is 14.7 Å². The third kappa shape index (κ3) is 3.39. The fourth-order valence-corrected chi connectivity index (χ4v) is 3.74. The molecule has 28 heavy (non-hydrogen) atoms. The molecule has 1 aromatic heterocycles. The Morgan fingerprint density at radius 1 is 1.18 bits per heavy atom. The SMILES string of the molecule is CCN(C(=O)c1cc(-c2ccc(C)cc2)nc2ccccc12)[C@H]1COC[C@@H]1O. The second kappa shape index (κ2) is 7.70. The van der Waals surface area contributed by atoms with Crippen molar-refractivity contribution in [2.24, 2.45) is 0 Å². The van der Waals surface area contributed by atoms with E-state index in [0.29, 0.717) is 18.7 Å². The number of amides is 1. The number of para-hydroxylation sites is 1. The maximum Gasteiger partial charge on any atom is 0.255 e. The highest BCUT2D eigenvalue weighted by Gasteiger charge is 2.34. The summed E-state index contributed by atoms with van der Waals surface area (Å²) in [7, 11) is 0. The maximum atomic E-state index is 13.5. The minimum Gasteiger partial charge on any atom is -0.388 e. The van der Waals surface area contributed by atoms with Gasteiger partial charge in [-0.15, -0.1) is 0 Å². The lowest BCUT2D eigenvalue weighted by atomic mass is 10.0. The van der Waals surface area contributed by atoms with Crippen molar-refractivity contribution in [2.75, 3.05) is 19.8 Å². The molecule has 0 aliphatic carbocycles. The molecule has 5 nitrogen and oxygen atoms in total. The van der Waals surface area contributed by atoms with E-state index in [1.54, 1.807) is 4.90 Å². The number of fused-ring (bicyclic) bond motifs is 1. The highest BCUT2D eigenvalue weighted by Crippen LogP contribution is 2.27. The van der Waals surface area contributed by atoms with Crippen molar-refractivity contribution in [3.05, 3.63) is 65.7 Å². The van der Waals surface area contributed by atoms with Gasteiger partial charge in [-0.2, -0.15) is 0 Å². The minimum absolute atomic E-state index is 0.107. The maximum absolute atomic E-state index is 13.5. The Hall–Kier alpha value is -2.76. The van der Waals surface area contributed by atoms with E-state index < -0.39 is 6.10 Å². The lowest BCUT2D eigenvalue weighted by Crippen LogP contribution is -2.46. The summed E-state index contributed by atoms with van der Waals surface area (Å²) in [5, 5.41) is 11.0. The van der Waals surface area contributed by atoms with E-state index in [4.69, 9.17) is 9.72 Å².